The second-order valence-corrected chi connectivity index (χ2v) is 10.6. The molecule has 12 nitrogen and oxygen atoms in total. The van der Waals surface area contributed by atoms with Crippen LogP contribution in [-0.4, -0.2) is 57.9 Å². The Morgan fingerprint density at radius 1 is 1.10 bits per heavy atom. The molecule has 1 aliphatic heterocycles. The quantitative estimate of drug-likeness (QED) is 0.312. The average molecular weight is 576 g/mol. The largest absolute Gasteiger partial charge is 0.453 e. The molecule has 1 unspecified atom stereocenters. The van der Waals surface area contributed by atoms with E-state index in [-0.39, 0.29) is 52.4 Å². The second-order valence-electron chi connectivity index (χ2n) is 10.6. The summed E-state index contributed by atoms with van der Waals surface area (Å²) in [5.41, 5.74) is 5.55. The van der Waals surface area contributed by atoms with Gasteiger partial charge in [-0.2, -0.15) is 27.1 Å². The highest BCUT2D eigenvalue weighted by Crippen LogP contribution is 2.57. The summed E-state index contributed by atoms with van der Waals surface area (Å²) in [5, 5.41) is 15.5. The zero-order chi connectivity index (χ0) is 28.9. The number of aryl methyl sites for hydroxylation is 2. The molecule has 41 heavy (non-hydrogen) atoms. The normalized spacial score (nSPS) is 21.0. The molecule has 214 valence electrons. The van der Waals surface area contributed by atoms with Crippen molar-refractivity contribution in [1.82, 2.24) is 39.9 Å². The first kappa shape index (κ1) is 25.6. The first-order valence-corrected chi connectivity index (χ1v) is 12.9. The minimum Gasteiger partial charge on any atom is -0.423 e. The number of anilines is 2. The third-order valence-corrected chi connectivity index (χ3v) is 7.74. The van der Waals surface area contributed by atoms with E-state index in [0.717, 1.165) is 12.8 Å². The molecular formula is C24H21F5N10O2. The number of aromatic nitrogens is 8. The van der Waals surface area contributed by atoms with Crippen LogP contribution in [0.4, 0.5) is 33.6 Å². The van der Waals surface area contributed by atoms with Gasteiger partial charge in [0, 0.05) is 25.8 Å². The van der Waals surface area contributed by atoms with Crippen LogP contribution in [0.5, 0.6) is 0 Å². The lowest BCUT2D eigenvalue weighted by molar-refractivity contribution is -0.284. The molecule has 0 bridgehead atoms. The molecule has 4 aromatic heterocycles. The van der Waals surface area contributed by atoms with Crippen LogP contribution in [-0.2, 0) is 23.7 Å². The number of hydrogen-bond acceptors (Lipinski definition) is 10. The van der Waals surface area contributed by atoms with Gasteiger partial charge in [0.2, 0.25) is 17.7 Å². The first-order chi connectivity index (χ1) is 19.4. The van der Waals surface area contributed by atoms with Gasteiger partial charge in [-0.25, -0.2) is 19.9 Å². The summed E-state index contributed by atoms with van der Waals surface area (Å²) in [7, 11) is 1.52. The Bertz CT molecular complexity index is 1730. The van der Waals surface area contributed by atoms with Gasteiger partial charge in [-0.1, -0.05) is 0 Å². The van der Waals surface area contributed by atoms with Crippen molar-refractivity contribution in [1.29, 1.82) is 0 Å². The van der Waals surface area contributed by atoms with Crippen molar-refractivity contribution in [2.75, 3.05) is 11.1 Å². The highest BCUT2D eigenvalue weighted by molar-refractivity contribution is 6.09. The molecule has 4 aromatic rings. The van der Waals surface area contributed by atoms with Crippen LogP contribution in [0.1, 0.15) is 61.2 Å². The Labute approximate surface area is 227 Å². The van der Waals surface area contributed by atoms with Gasteiger partial charge in [0.1, 0.15) is 23.2 Å². The number of nitrogens with zero attached hydrogens (tertiary/aromatic N) is 8. The summed E-state index contributed by atoms with van der Waals surface area (Å²) in [6.45, 7) is 0. The number of halogens is 5. The molecule has 3 N–H and O–H groups in total. The van der Waals surface area contributed by atoms with Crippen molar-refractivity contribution < 1.29 is 31.2 Å². The Balaban J connectivity index is 1.33. The summed E-state index contributed by atoms with van der Waals surface area (Å²) in [6, 6.07) is 0. The summed E-state index contributed by atoms with van der Waals surface area (Å²) in [5.74, 6) is -5.17. The van der Waals surface area contributed by atoms with E-state index in [9.17, 15) is 26.7 Å². The second kappa shape index (κ2) is 8.36. The molecule has 2 saturated carbocycles. The van der Waals surface area contributed by atoms with Gasteiger partial charge in [0.05, 0.1) is 17.1 Å². The van der Waals surface area contributed by atoms with E-state index in [1.54, 1.807) is 0 Å². The Morgan fingerprint density at radius 3 is 2.54 bits per heavy atom. The van der Waals surface area contributed by atoms with Crippen molar-refractivity contribution in [2.24, 2.45) is 13.0 Å². The van der Waals surface area contributed by atoms with Crippen LogP contribution in [0.2, 0.25) is 0 Å². The van der Waals surface area contributed by atoms with Gasteiger partial charge >= 0.3 is 12.1 Å². The van der Waals surface area contributed by atoms with E-state index < -0.39 is 36.3 Å². The molecule has 7 rings (SSSR count). The van der Waals surface area contributed by atoms with E-state index in [0.29, 0.717) is 29.7 Å². The number of nitrogen functional groups attached to an aromatic ring is 1. The van der Waals surface area contributed by atoms with Crippen LogP contribution in [0, 0.1) is 5.92 Å². The summed E-state index contributed by atoms with van der Waals surface area (Å²) in [6.07, 6.45) is -3.40. The Morgan fingerprint density at radius 2 is 1.85 bits per heavy atom. The summed E-state index contributed by atoms with van der Waals surface area (Å²) in [4.78, 5) is 30.9. The molecule has 0 radical (unpaired) electrons. The zero-order valence-corrected chi connectivity index (χ0v) is 21.3. The molecule has 2 aliphatic carbocycles. The summed E-state index contributed by atoms with van der Waals surface area (Å²) < 4.78 is 72.9. The number of alkyl halides is 5. The van der Waals surface area contributed by atoms with E-state index >= 15 is 0 Å². The van der Waals surface area contributed by atoms with Crippen molar-refractivity contribution >= 4 is 28.6 Å². The number of nitrogens with one attached hydrogen (secondary N) is 1. The lowest BCUT2D eigenvalue weighted by atomic mass is 9.77. The summed E-state index contributed by atoms with van der Waals surface area (Å²) >= 11 is 0. The van der Waals surface area contributed by atoms with Crippen molar-refractivity contribution in [3.8, 4) is 11.5 Å². The number of rotatable bonds is 7. The number of fused-ring (bicyclic) bond motifs is 2. The topological polar surface area (TPSA) is 163 Å². The fourth-order valence-electron chi connectivity index (χ4n) is 5.32. The lowest BCUT2D eigenvalue weighted by Crippen LogP contribution is -2.39. The van der Waals surface area contributed by atoms with Crippen molar-refractivity contribution in [3.05, 3.63) is 29.4 Å². The molecule has 5 heterocycles. The molecule has 17 heteroatoms. The standard InChI is InChI=1S/C24H21F5N10O2/c1-39-18-11(8-31-39)14(32-12(33-18)6-7-22(25,26)24(27,28)29)17-34-15(30)13-16(35-17)36-20(40)23(13,10-4-5-10)21-38-37-19(41-21)9-2-3-9/h8-10H,2-7H2,1H3,(H3,30,34,35,36,40). The van der Waals surface area contributed by atoms with Gasteiger partial charge < -0.3 is 15.5 Å². The minimum atomic E-state index is -5.71. The molecule has 0 aromatic carbocycles. The van der Waals surface area contributed by atoms with Gasteiger partial charge in [0.15, 0.2) is 16.9 Å². The minimum absolute atomic E-state index is 0.00917. The van der Waals surface area contributed by atoms with Crippen molar-refractivity contribution in [2.45, 2.75) is 62.0 Å². The highest BCUT2D eigenvalue weighted by atomic mass is 19.4. The number of carbonyl (C=O) groups excluding carboxylic acids is 1. The van der Waals surface area contributed by atoms with Crippen LogP contribution in [0.3, 0.4) is 0 Å². The van der Waals surface area contributed by atoms with Crippen LogP contribution in [0.15, 0.2) is 10.6 Å². The number of nitrogens with two attached hydrogens (primary N) is 1. The fourth-order valence-corrected chi connectivity index (χ4v) is 5.32. The van der Waals surface area contributed by atoms with Gasteiger partial charge in [-0.15, -0.1) is 10.2 Å². The van der Waals surface area contributed by atoms with Crippen molar-refractivity contribution in [3.63, 3.8) is 0 Å². The van der Waals surface area contributed by atoms with E-state index in [4.69, 9.17) is 10.2 Å². The smallest absolute Gasteiger partial charge is 0.423 e. The lowest BCUT2D eigenvalue weighted by Gasteiger charge is -2.23. The molecule has 0 spiro atoms. The Hall–Kier alpha value is -4.31. The van der Waals surface area contributed by atoms with Gasteiger partial charge in [-0.05, 0) is 31.6 Å². The number of hydrogen-bond donors (Lipinski definition) is 2. The first-order valence-electron chi connectivity index (χ1n) is 12.9. The van der Waals surface area contributed by atoms with Crippen LogP contribution in [0.25, 0.3) is 22.6 Å². The third kappa shape index (κ3) is 3.84. The predicted octanol–water partition coefficient (Wildman–Crippen LogP) is 3.44. The van der Waals surface area contributed by atoms with E-state index in [1.165, 1.54) is 17.9 Å². The SMILES string of the molecule is Cn1ncc2c(-c3nc(N)c4c(n3)NC(=O)C4(c3nnc(C4CC4)o3)C3CC3)nc(CCC(F)(F)C(F)(F)F)nc21. The van der Waals surface area contributed by atoms with E-state index in [1.807, 2.05) is 0 Å². The van der Waals surface area contributed by atoms with Gasteiger partial charge in [-0.3, -0.25) is 9.48 Å². The molecule has 3 aliphatic rings. The maximum absolute atomic E-state index is 13.6. The monoisotopic (exact) mass is 576 g/mol. The van der Waals surface area contributed by atoms with Crippen LogP contribution < -0.4 is 11.1 Å². The maximum atomic E-state index is 13.6. The van der Waals surface area contributed by atoms with Crippen LogP contribution >= 0.6 is 0 Å². The molecule has 1 amide bonds. The third-order valence-electron chi connectivity index (χ3n) is 7.74. The zero-order valence-electron chi connectivity index (χ0n) is 21.3. The maximum Gasteiger partial charge on any atom is 0.453 e. The van der Waals surface area contributed by atoms with E-state index in [2.05, 4.69) is 40.5 Å². The molecular weight excluding hydrogens is 555 g/mol. The van der Waals surface area contributed by atoms with Gasteiger partial charge in [0.25, 0.3) is 0 Å². The fraction of sp³-hybridized carbons (Fsp3) is 0.500. The number of carbonyl (C=O) groups is 1. The number of amides is 1. The predicted molar refractivity (Wildman–Crippen MR) is 129 cm³/mol. The Kier molecular flexibility index (Phi) is 5.23. The molecule has 0 saturated heterocycles. The highest BCUT2D eigenvalue weighted by Gasteiger charge is 2.63. The molecule has 1 atom stereocenters. The molecule has 2 fully saturated rings. The average Bonchev–Trinajstić information content (AvgIpc) is 3.83.